The lowest BCUT2D eigenvalue weighted by Crippen LogP contribution is -2.21. The summed E-state index contributed by atoms with van der Waals surface area (Å²) < 4.78 is 1.92. The van der Waals surface area contributed by atoms with Crippen molar-refractivity contribution < 1.29 is 9.90 Å². The summed E-state index contributed by atoms with van der Waals surface area (Å²) in [6, 6.07) is 3.91. The number of aromatic nitrogens is 3. The molecule has 0 saturated heterocycles. The highest BCUT2D eigenvalue weighted by Crippen LogP contribution is 2.37. The molecule has 8 heteroatoms. The lowest BCUT2D eigenvalue weighted by atomic mass is 10.0. The third-order valence-electron chi connectivity index (χ3n) is 5.86. The molecule has 4 atom stereocenters. The van der Waals surface area contributed by atoms with Gasteiger partial charge in [0.15, 0.2) is 5.65 Å². The lowest BCUT2D eigenvalue weighted by molar-refractivity contribution is -0.120. The van der Waals surface area contributed by atoms with E-state index < -0.39 is 6.10 Å². The molecule has 0 bridgehead atoms. The Kier molecular flexibility index (Phi) is 5.90. The van der Waals surface area contributed by atoms with Gasteiger partial charge >= 0.3 is 0 Å². The van der Waals surface area contributed by atoms with E-state index in [-0.39, 0.29) is 23.8 Å². The van der Waals surface area contributed by atoms with Gasteiger partial charge in [-0.3, -0.25) is 4.79 Å². The van der Waals surface area contributed by atoms with Crippen LogP contribution in [0.1, 0.15) is 44.0 Å². The highest BCUT2D eigenvalue weighted by atomic mass is 35.5. The number of carbonyl (C=O) groups is 1. The summed E-state index contributed by atoms with van der Waals surface area (Å²) in [4.78, 5) is 22.0. The SMILES string of the molecule is CCC(Cc1sccc1Cl)Nc1ccnc2c1ncn2C1CC(C(C)=O)C[C@H]1O. The van der Waals surface area contributed by atoms with Crippen molar-refractivity contribution in [1.29, 1.82) is 0 Å². The molecule has 0 amide bonds. The Balaban J connectivity index is 1.59. The summed E-state index contributed by atoms with van der Waals surface area (Å²) >= 11 is 7.94. The molecule has 3 aromatic heterocycles. The Hall–Kier alpha value is -1.96. The third kappa shape index (κ3) is 4.04. The van der Waals surface area contributed by atoms with Gasteiger partial charge < -0.3 is 15.0 Å². The highest BCUT2D eigenvalue weighted by molar-refractivity contribution is 7.10. The van der Waals surface area contributed by atoms with Gasteiger partial charge in [0.25, 0.3) is 0 Å². The van der Waals surface area contributed by atoms with Crippen LogP contribution in [0.5, 0.6) is 0 Å². The first kappa shape index (κ1) is 20.3. The molecule has 154 valence electrons. The fraction of sp³-hybridized carbons (Fsp3) is 0.476. The summed E-state index contributed by atoms with van der Waals surface area (Å²) in [7, 11) is 0. The van der Waals surface area contributed by atoms with Crippen molar-refractivity contribution in [3.63, 3.8) is 0 Å². The zero-order chi connectivity index (χ0) is 20.5. The number of pyridine rings is 1. The van der Waals surface area contributed by atoms with Crippen LogP contribution < -0.4 is 5.32 Å². The monoisotopic (exact) mass is 432 g/mol. The summed E-state index contributed by atoms with van der Waals surface area (Å²) in [6.45, 7) is 3.74. The number of hydrogen-bond acceptors (Lipinski definition) is 6. The Bertz CT molecular complexity index is 1020. The van der Waals surface area contributed by atoms with Gasteiger partial charge in [0.1, 0.15) is 11.3 Å². The quantitative estimate of drug-likeness (QED) is 0.575. The number of carbonyl (C=O) groups excluding carboxylic acids is 1. The molecule has 3 aromatic rings. The normalized spacial score (nSPS) is 22.8. The van der Waals surface area contributed by atoms with Gasteiger partial charge in [0.2, 0.25) is 0 Å². The molecule has 3 unspecified atom stereocenters. The summed E-state index contributed by atoms with van der Waals surface area (Å²) in [6.07, 6.45) is 5.84. The third-order valence-corrected chi connectivity index (χ3v) is 7.27. The zero-order valence-corrected chi connectivity index (χ0v) is 18.1. The molecule has 3 heterocycles. The molecule has 4 rings (SSSR count). The average molecular weight is 433 g/mol. The second-order valence-electron chi connectivity index (χ2n) is 7.74. The maximum Gasteiger partial charge on any atom is 0.162 e. The molecule has 0 spiro atoms. The average Bonchev–Trinajstić information content (AvgIpc) is 3.40. The summed E-state index contributed by atoms with van der Waals surface area (Å²) in [5.74, 6) is 0.0260. The van der Waals surface area contributed by atoms with Gasteiger partial charge in [-0.15, -0.1) is 11.3 Å². The van der Waals surface area contributed by atoms with Crippen LogP contribution in [0.4, 0.5) is 5.69 Å². The van der Waals surface area contributed by atoms with Crippen LogP contribution in [0.25, 0.3) is 11.2 Å². The van der Waals surface area contributed by atoms with Gasteiger partial charge in [-0.05, 0) is 43.7 Å². The standard InChI is InChI=1S/C21H25ClN4O2S/c1-3-14(10-19-15(22)5-7-29-19)25-16-4-6-23-21-20(16)24-11-26(21)17-8-13(12(2)27)9-18(17)28/h4-7,11,13-14,17-18,28H,3,8-10H2,1-2H3,(H,23,25)/t13?,14?,17?,18-/m1/s1. The number of halogens is 1. The topological polar surface area (TPSA) is 80.0 Å². The summed E-state index contributed by atoms with van der Waals surface area (Å²) in [5, 5.41) is 16.9. The molecule has 29 heavy (non-hydrogen) atoms. The second-order valence-corrected chi connectivity index (χ2v) is 9.15. The number of nitrogens with zero attached hydrogens (tertiary/aromatic N) is 3. The number of anilines is 1. The van der Waals surface area contributed by atoms with E-state index in [9.17, 15) is 9.90 Å². The molecule has 6 nitrogen and oxygen atoms in total. The van der Waals surface area contributed by atoms with E-state index in [1.54, 1.807) is 30.8 Å². The van der Waals surface area contributed by atoms with Crippen molar-refractivity contribution in [2.24, 2.45) is 5.92 Å². The van der Waals surface area contributed by atoms with E-state index in [1.165, 1.54) is 4.88 Å². The number of imidazole rings is 1. The van der Waals surface area contributed by atoms with E-state index >= 15 is 0 Å². The number of nitrogens with one attached hydrogen (secondary N) is 1. The van der Waals surface area contributed by atoms with E-state index in [4.69, 9.17) is 11.6 Å². The Morgan fingerprint density at radius 2 is 2.24 bits per heavy atom. The maximum atomic E-state index is 11.8. The molecule has 0 aromatic carbocycles. The number of ketones is 1. The minimum atomic E-state index is -0.566. The first-order valence-electron chi connectivity index (χ1n) is 9.96. The van der Waals surface area contributed by atoms with E-state index in [2.05, 4.69) is 22.2 Å². The molecule has 1 fully saturated rings. The first-order valence-corrected chi connectivity index (χ1v) is 11.2. The van der Waals surface area contributed by atoms with Crippen LogP contribution in [0, 0.1) is 5.92 Å². The predicted molar refractivity (Wildman–Crippen MR) is 117 cm³/mol. The highest BCUT2D eigenvalue weighted by Gasteiger charge is 2.37. The van der Waals surface area contributed by atoms with Crippen LogP contribution in [0.15, 0.2) is 30.0 Å². The second kappa shape index (κ2) is 8.42. The number of rotatable bonds is 7. The van der Waals surface area contributed by atoms with Crippen LogP contribution >= 0.6 is 22.9 Å². The van der Waals surface area contributed by atoms with E-state index in [1.807, 2.05) is 22.1 Å². The van der Waals surface area contributed by atoms with Crippen molar-refractivity contribution in [3.05, 3.63) is 39.9 Å². The molecule has 0 aliphatic heterocycles. The molecule has 0 radical (unpaired) electrons. The van der Waals surface area contributed by atoms with Crippen LogP contribution in [0.2, 0.25) is 5.02 Å². The molecule has 1 saturated carbocycles. The number of thiophene rings is 1. The molecule has 2 N–H and O–H groups in total. The van der Waals surface area contributed by atoms with Crippen LogP contribution in [0.3, 0.4) is 0 Å². The van der Waals surface area contributed by atoms with Gasteiger partial charge in [0.05, 0.1) is 29.2 Å². The maximum absolute atomic E-state index is 11.8. The van der Waals surface area contributed by atoms with Crippen LogP contribution in [-0.2, 0) is 11.2 Å². The predicted octanol–water partition coefficient (Wildman–Crippen LogP) is 4.48. The zero-order valence-electron chi connectivity index (χ0n) is 16.5. The van der Waals surface area contributed by atoms with Crippen molar-refractivity contribution >= 4 is 45.6 Å². The smallest absolute Gasteiger partial charge is 0.162 e. The van der Waals surface area contributed by atoms with Crippen molar-refractivity contribution in [2.75, 3.05) is 5.32 Å². The molecule has 1 aliphatic rings. The minimum absolute atomic E-state index is 0.103. The fourth-order valence-corrected chi connectivity index (χ4v) is 5.32. The number of Topliss-reactive ketones (excluding diaryl/α,β-unsaturated/α-hetero) is 1. The van der Waals surface area contributed by atoms with Crippen molar-refractivity contribution in [3.8, 4) is 0 Å². The number of fused-ring (bicyclic) bond motifs is 1. The number of aliphatic hydroxyl groups is 1. The number of aliphatic hydroxyl groups excluding tert-OH is 1. The molecular formula is C21H25ClN4O2S. The van der Waals surface area contributed by atoms with Crippen molar-refractivity contribution in [2.45, 2.75) is 57.7 Å². The van der Waals surface area contributed by atoms with E-state index in [0.717, 1.165) is 34.7 Å². The Labute approximate surface area is 178 Å². The Morgan fingerprint density at radius 3 is 2.90 bits per heavy atom. The van der Waals surface area contributed by atoms with Gasteiger partial charge in [-0.1, -0.05) is 18.5 Å². The Morgan fingerprint density at radius 1 is 1.41 bits per heavy atom. The number of hydrogen-bond donors (Lipinski definition) is 2. The first-order chi connectivity index (χ1) is 14.0. The van der Waals surface area contributed by atoms with E-state index in [0.29, 0.717) is 12.8 Å². The lowest BCUT2D eigenvalue weighted by Gasteiger charge is -2.19. The largest absolute Gasteiger partial charge is 0.391 e. The van der Waals surface area contributed by atoms with Gasteiger partial charge in [-0.25, -0.2) is 9.97 Å². The van der Waals surface area contributed by atoms with Crippen molar-refractivity contribution in [1.82, 2.24) is 14.5 Å². The minimum Gasteiger partial charge on any atom is -0.391 e. The van der Waals surface area contributed by atoms with Crippen LogP contribution in [-0.4, -0.2) is 37.6 Å². The molecular weight excluding hydrogens is 408 g/mol. The molecule has 1 aliphatic carbocycles. The van der Waals surface area contributed by atoms with Gasteiger partial charge in [-0.2, -0.15) is 0 Å². The summed E-state index contributed by atoms with van der Waals surface area (Å²) in [5.41, 5.74) is 2.43. The fourth-order valence-electron chi connectivity index (χ4n) is 4.13. The van der Waals surface area contributed by atoms with Gasteiger partial charge in [0, 0.05) is 29.5 Å².